The molecule has 8 heteroatoms. The minimum atomic E-state index is -0.306. The number of nitrogens with zero attached hydrogens (tertiary/aromatic N) is 5. The number of rotatable bonds is 8. The van der Waals surface area contributed by atoms with Crippen LogP contribution in [0.5, 0.6) is 5.75 Å². The van der Waals surface area contributed by atoms with Crippen LogP contribution in [0.4, 0.5) is 5.69 Å². The van der Waals surface area contributed by atoms with Crippen LogP contribution in [0.25, 0.3) is 0 Å². The summed E-state index contributed by atoms with van der Waals surface area (Å²) in [4.78, 5) is 9.54. The molecule has 2 aromatic rings. The minimum absolute atomic E-state index is 0.306. The highest BCUT2D eigenvalue weighted by Crippen LogP contribution is 2.20. The van der Waals surface area contributed by atoms with Crippen molar-refractivity contribution in [3.05, 3.63) is 42.3 Å². The van der Waals surface area contributed by atoms with Crippen LogP contribution in [0.3, 0.4) is 0 Å². The molecule has 164 valence electrons. The van der Waals surface area contributed by atoms with Crippen LogP contribution >= 0.6 is 0 Å². The Morgan fingerprint density at radius 1 is 0.900 bits per heavy atom. The molecule has 8 nitrogen and oxygen atoms in total. The molecule has 0 amide bonds. The highest BCUT2D eigenvalue weighted by atomic mass is 16.5. The van der Waals surface area contributed by atoms with Crippen LogP contribution in [-0.2, 0) is 6.54 Å². The molecule has 0 bridgehead atoms. The van der Waals surface area contributed by atoms with Crippen molar-refractivity contribution >= 4 is 5.69 Å². The van der Waals surface area contributed by atoms with E-state index in [1.54, 1.807) is 13.4 Å². The van der Waals surface area contributed by atoms with Crippen LogP contribution in [-0.4, -0.2) is 104 Å². The Labute approximate surface area is 178 Å². The fraction of sp³-hybridized carbons (Fsp3) is 0.591. The van der Waals surface area contributed by atoms with Crippen LogP contribution in [0.2, 0.25) is 0 Å². The predicted octanol–water partition coefficient (Wildman–Crippen LogP) is 0.984. The molecule has 3 heterocycles. The van der Waals surface area contributed by atoms with Crippen molar-refractivity contribution in [3.63, 3.8) is 0 Å². The van der Waals surface area contributed by atoms with Crippen LogP contribution in [0.1, 0.15) is 5.69 Å². The van der Waals surface area contributed by atoms with Gasteiger partial charge in [0.05, 0.1) is 18.9 Å². The molecule has 2 saturated heterocycles. The number of ether oxygens (including phenoxy) is 1. The van der Waals surface area contributed by atoms with Crippen molar-refractivity contribution < 1.29 is 14.4 Å². The Morgan fingerprint density at radius 2 is 1.50 bits per heavy atom. The lowest BCUT2D eigenvalue weighted by Gasteiger charge is -2.38. The molecule has 1 N–H and O–H groups in total. The number of aromatic nitrogens is 1. The summed E-state index contributed by atoms with van der Waals surface area (Å²) in [7, 11) is 1.69. The second kappa shape index (κ2) is 10.3. The van der Waals surface area contributed by atoms with Gasteiger partial charge in [0.2, 0.25) is 0 Å². The van der Waals surface area contributed by atoms with Crippen LogP contribution in [0, 0.1) is 0 Å². The summed E-state index contributed by atoms with van der Waals surface area (Å²) in [6, 6.07) is 10.2. The van der Waals surface area contributed by atoms with Crippen molar-refractivity contribution in [1.29, 1.82) is 0 Å². The Hall–Kier alpha value is -2.13. The molecule has 0 saturated carbocycles. The normalized spacial score (nSPS) is 20.4. The van der Waals surface area contributed by atoms with Crippen LogP contribution in [0.15, 0.2) is 41.1 Å². The highest BCUT2D eigenvalue weighted by molar-refractivity contribution is 5.49. The molecule has 0 unspecified atom stereocenters. The third-order valence-electron chi connectivity index (χ3n) is 6.09. The maximum Gasteiger partial charge on any atom is 0.124 e. The summed E-state index contributed by atoms with van der Waals surface area (Å²) in [5.74, 6) is 0.888. The summed E-state index contributed by atoms with van der Waals surface area (Å²) in [5, 5.41) is 14.6. The van der Waals surface area contributed by atoms with Gasteiger partial charge in [-0.3, -0.25) is 14.7 Å². The van der Waals surface area contributed by atoms with E-state index in [2.05, 4.69) is 36.9 Å². The minimum Gasteiger partial charge on any atom is -0.497 e. The Kier molecular flexibility index (Phi) is 7.22. The zero-order chi connectivity index (χ0) is 20.8. The average Bonchev–Trinajstić information content (AvgIpc) is 3.29. The molecule has 4 rings (SSSR count). The topological polar surface area (TPSA) is 68.5 Å². The van der Waals surface area contributed by atoms with E-state index in [1.165, 1.54) is 5.69 Å². The van der Waals surface area contributed by atoms with Crippen molar-refractivity contribution in [3.8, 4) is 5.75 Å². The van der Waals surface area contributed by atoms with E-state index in [-0.39, 0.29) is 6.10 Å². The lowest BCUT2D eigenvalue weighted by molar-refractivity contribution is 0.0473. The third kappa shape index (κ3) is 5.72. The monoisotopic (exact) mass is 415 g/mol. The number of hydrogen-bond donors (Lipinski definition) is 1. The van der Waals surface area contributed by atoms with Gasteiger partial charge in [-0.25, -0.2) is 0 Å². The number of benzene rings is 1. The number of aliphatic hydroxyl groups is 1. The van der Waals surface area contributed by atoms with E-state index < -0.39 is 0 Å². The van der Waals surface area contributed by atoms with Gasteiger partial charge in [0, 0.05) is 83.7 Å². The Bertz CT molecular complexity index is 739. The van der Waals surface area contributed by atoms with Crippen molar-refractivity contribution in [1.82, 2.24) is 19.9 Å². The predicted molar refractivity (Wildman–Crippen MR) is 116 cm³/mol. The van der Waals surface area contributed by atoms with Crippen molar-refractivity contribution in [2.75, 3.05) is 77.5 Å². The second-order valence-corrected chi connectivity index (χ2v) is 8.21. The summed E-state index contributed by atoms with van der Waals surface area (Å²) >= 11 is 0. The molecular weight excluding hydrogens is 382 g/mol. The lowest BCUT2D eigenvalue weighted by atomic mass is 10.2. The van der Waals surface area contributed by atoms with E-state index in [1.807, 2.05) is 18.2 Å². The second-order valence-electron chi connectivity index (χ2n) is 8.21. The molecule has 30 heavy (non-hydrogen) atoms. The maximum atomic E-state index is 10.6. The van der Waals surface area contributed by atoms with Crippen molar-refractivity contribution in [2.24, 2.45) is 0 Å². The SMILES string of the molecule is COc1ccc(N2CCN(C[C@H](O)CN3CCN(Cc4ccon4)CC3)CC2)cc1. The lowest BCUT2D eigenvalue weighted by Crippen LogP contribution is -2.52. The van der Waals surface area contributed by atoms with Gasteiger partial charge in [0.25, 0.3) is 0 Å². The average molecular weight is 416 g/mol. The zero-order valence-electron chi connectivity index (χ0n) is 17.8. The van der Waals surface area contributed by atoms with E-state index >= 15 is 0 Å². The number of aliphatic hydroxyl groups excluding tert-OH is 1. The van der Waals surface area contributed by atoms with Crippen LogP contribution < -0.4 is 9.64 Å². The van der Waals surface area contributed by atoms with E-state index in [4.69, 9.17) is 9.26 Å². The third-order valence-corrected chi connectivity index (χ3v) is 6.09. The number of piperazine rings is 2. The quantitative estimate of drug-likeness (QED) is 0.685. The summed E-state index contributed by atoms with van der Waals surface area (Å²) in [6.45, 7) is 10.2. The Morgan fingerprint density at radius 3 is 2.07 bits per heavy atom. The summed E-state index contributed by atoms with van der Waals surface area (Å²) in [6.07, 6.45) is 1.32. The molecule has 0 aliphatic carbocycles. The first kappa shape index (κ1) is 21.1. The smallest absolute Gasteiger partial charge is 0.124 e. The van der Waals surface area contributed by atoms with Gasteiger partial charge in [-0.2, -0.15) is 0 Å². The summed E-state index contributed by atoms with van der Waals surface area (Å²) in [5.41, 5.74) is 2.22. The van der Waals surface area contributed by atoms with E-state index in [0.717, 1.165) is 83.4 Å². The fourth-order valence-corrected chi connectivity index (χ4v) is 4.31. The largest absolute Gasteiger partial charge is 0.497 e. The number of β-amino-alcohol motifs (C(OH)–C–C–N with tert-alkyl or cyclic N) is 1. The van der Waals surface area contributed by atoms with Crippen molar-refractivity contribution in [2.45, 2.75) is 12.6 Å². The first-order chi connectivity index (χ1) is 14.7. The number of anilines is 1. The number of hydrogen-bond acceptors (Lipinski definition) is 8. The molecule has 1 atom stereocenters. The zero-order valence-corrected chi connectivity index (χ0v) is 17.8. The first-order valence-electron chi connectivity index (χ1n) is 10.8. The van der Waals surface area contributed by atoms with Gasteiger partial charge in [0.15, 0.2) is 0 Å². The standard InChI is InChI=1S/C22H33N5O3/c1-29-22-4-2-20(3-5-22)27-13-11-26(12-14-27)18-21(28)17-25-9-7-24(8-10-25)16-19-6-15-30-23-19/h2-6,15,21,28H,7-14,16-18H2,1H3/t21-/m1/s1. The molecule has 1 aromatic carbocycles. The van der Waals surface area contributed by atoms with E-state index in [0.29, 0.717) is 0 Å². The Balaban J connectivity index is 1.14. The molecule has 1 aromatic heterocycles. The molecular formula is C22H33N5O3. The summed E-state index contributed by atoms with van der Waals surface area (Å²) < 4.78 is 10.2. The highest BCUT2D eigenvalue weighted by Gasteiger charge is 2.23. The molecule has 2 aliphatic heterocycles. The van der Waals surface area contributed by atoms with Gasteiger partial charge in [-0.05, 0) is 24.3 Å². The van der Waals surface area contributed by atoms with Gasteiger partial charge in [0.1, 0.15) is 12.0 Å². The molecule has 2 aliphatic rings. The van der Waals surface area contributed by atoms with E-state index in [9.17, 15) is 5.11 Å². The fourth-order valence-electron chi connectivity index (χ4n) is 4.31. The molecule has 0 spiro atoms. The van der Waals surface area contributed by atoms with Gasteiger partial charge in [-0.15, -0.1) is 0 Å². The maximum absolute atomic E-state index is 10.6. The molecule has 0 radical (unpaired) electrons. The number of methoxy groups -OCH3 is 1. The first-order valence-corrected chi connectivity index (χ1v) is 10.8. The molecule has 2 fully saturated rings. The van der Waals surface area contributed by atoms with Gasteiger partial charge >= 0.3 is 0 Å². The van der Waals surface area contributed by atoms with Gasteiger partial charge < -0.3 is 19.3 Å². The van der Waals surface area contributed by atoms with Gasteiger partial charge in [-0.1, -0.05) is 5.16 Å².